The summed E-state index contributed by atoms with van der Waals surface area (Å²) in [6.07, 6.45) is 0. The smallest absolute Gasteiger partial charge is 0.126 e. The van der Waals surface area contributed by atoms with Gasteiger partial charge in [0.25, 0.3) is 0 Å². The highest BCUT2D eigenvalue weighted by molar-refractivity contribution is 6.32. The molecule has 0 aromatic heterocycles. The van der Waals surface area contributed by atoms with Crippen molar-refractivity contribution in [1.82, 2.24) is 0 Å². The molecule has 0 aliphatic heterocycles. The van der Waals surface area contributed by atoms with E-state index in [1.54, 1.807) is 28.4 Å². The molecule has 64 heavy (non-hydrogen) atoms. The first kappa shape index (κ1) is 44.6. The predicted molar refractivity (Wildman–Crippen MR) is 273 cm³/mol. The molecule has 8 aromatic carbocycles. The van der Waals surface area contributed by atoms with Crippen molar-refractivity contribution in [2.75, 3.05) is 28.4 Å². The van der Waals surface area contributed by atoms with Gasteiger partial charge in [0.05, 0.1) is 28.4 Å². The molecule has 0 atom stereocenters. The summed E-state index contributed by atoms with van der Waals surface area (Å²) in [6, 6.07) is 40.8. The second-order valence-corrected chi connectivity index (χ2v) is 21.7. The van der Waals surface area contributed by atoms with Crippen LogP contribution in [0.5, 0.6) is 23.0 Å². The molecule has 0 unspecified atom stereocenters. The monoisotopic (exact) mass is 850 g/mol. The van der Waals surface area contributed by atoms with Gasteiger partial charge in [-0.05, 0) is 159 Å². The highest BCUT2D eigenvalue weighted by atomic mass is 16.5. The second kappa shape index (κ2) is 15.9. The van der Waals surface area contributed by atoms with Crippen LogP contribution in [0.4, 0.5) is 0 Å². The summed E-state index contributed by atoms with van der Waals surface area (Å²) in [5, 5.41) is 6.99. The lowest BCUT2D eigenvalue weighted by Gasteiger charge is -2.26. The molecule has 330 valence electrons. The van der Waals surface area contributed by atoms with Crippen LogP contribution in [0.15, 0.2) is 109 Å². The van der Waals surface area contributed by atoms with E-state index in [0.29, 0.717) is 0 Å². The summed E-state index contributed by atoms with van der Waals surface area (Å²) < 4.78 is 25.0. The van der Waals surface area contributed by atoms with E-state index in [1.165, 1.54) is 33.0 Å². The van der Waals surface area contributed by atoms with Crippen LogP contribution in [0, 0.1) is 0 Å². The maximum atomic E-state index is 6.24. The van der Waals surface area contributed by atoms with E-state index in [2.05, 4.69) is 192 Å². The van der Waals surface area contributed by atoms with Crippen LogP contribution in [-0.4, -0.2) is 28.4 Å². The summed E-state index contributed by atoms with van der Waals surface area (Å²) in [6.45, 7) is 27.2. The fourth-order valence-corrected chi connectivity index (χ4v) is 9.42. The first-order valence-corrected chi connectivity index (χ1v) is 22.6. The van der Waals surface area contributed by atoms with Crippen molar-refractivity contribution in [3.05, 3.63) is 131 Å². The molecule has 0 aliphatic rings. The Morgan fingerprint density at radius 2 is 0.453 bits per heavy atom. The van der Waals surface area contributed by atoms with Crippen LogP contribution >= 0.6 is 0 Å². The van der Waals surface area contributed by atoms with Crippen LogP contribution in [0.3, 0.4) is 0 Å². The molecule has 4 nitrogen and oxygen atoms in total. The van der Waals surface area contributed by atoms with E-state index in [4.69, 9.17) is 18.9 Å². The average Bonchev–Trinajstić information content (AvgIpc) is 3.25. The average molecular weight is 851 g/mol. The molecule has 0 N–H and O–H groups in total. The van der Waals surface area contributed by atoms with E-state index < -0.39 is 0 Å². The van der Waals surface area contributed by atoms with Crippen LogP contribution in [0.25, 0.3) is 76.8 Å². The molecule has 0 heterocycles. The Hall–Kier alpha value is -6.00. The molecule has 8 aromatic rings. The summed E-state index contributed by atoms with van der Waals surface area (Å²) in [7, 11) is 7.11. The van der Waals surface area contributed by atoms with Gasteiger partial charge in [0.1, 0.15) is 23.0 Å². The van der Waals surface area contributed by atoms with Gasteiger partial charge in [-0.1, -0.05) is 132 Å². The van der Waals surface area contributed by atoms with Crippen molar-refractivity contribution >= 4 is 32.3 Å². The minimum Gasteiger partial charge on any atom is -0.496 e. The van der Waals surface area contributed by atoms with Gasteiger partial charge in [0, 0.05) is 22.3 Å². The fourth-order valence-electron chi connectivity index (χ4n) is 9.42. The topological polar surface area (TPSA) is 36.9 Å². The van der Waals surface area contributed by atoms with Gasteiger partial charge in [-0.2, -0.15) is 0 Å². The molecule has 8 rings (SSSR count). The quantitative estimate of drug-likeness (QED) is 0.143. The van der Waals surface area contributed by atoms with Gasteiger partial charge < -0.3 is 18.9 Å². The van der Waals surface area contributed by atoms with Crippen LogP contribution in [0.1, 0.15) is 105 Å². The highest BCUT2D eigenvalue weighted by Crippen LogP contribution is 2.53. The highest BCUT2D eigenvalue weighted by Gasteiger charge is 2.28. The Balaban J connectivity index is 1.65. The zero-order valence-electron chi connectivity index (χ0n) is 41.0. The lowest BCUT2D eigenvalue weighted by molar-refractivity contribution is 0.415. The second-order valence-electron chi connectivity index (χ2n) is 21.7. The van der Waals surface area contributed by atoms with Gasteiger partial charge in [0.15, 0.2) is 0 Å². The largest absolute Gasteiger partial charge is 0.496 e. The molecule has 4 heteroatoms. The number of ether oxygens (including phenoxy) is 4. The van der Waals surface area contributed by atoms with E-state index in [9.17, 15) is 0 Å². The van der Waals surface area contributed by atoms with Crippen molar-refractivity contribution in [1.29, 1.82) is 0 Å². The Morgan fingerprint density at radius 1 is 0.250 bits per heavy atom. The van der Waals surface area contributed by atoms with E-state index in [-0.39, 0.29) is 21.7 Å². The summed E-state index contributed by atoms with van der Waals surface area (Å²) >= 11 is 0. The normalized spacial score (nSPS) is 12.7. The van der Waals surface area contributed by atoms with E-state index >= 15 is 0 Å². The van der Waals surface area contributed by atoms with Gasteiger partial charge >= 0.3 is 0 Å². The van der Waals surface area contributed by atoms with Crippen molar-refractivity contribution in [2.24, 2.45) is 0 Å². The van der Waals surface area contributed by atoms with Gasteiger partial charge in [-0.15, -0.1) is 0 Å². The third kappa shape index (κ3) is 7.73. The lowest BCUT2D eigenvalue weighted by atomic mass is 9.79. The standard InChI is InChI=1S/C60H66O4/c1-57(2,3)35-17-25-51(61-13)47(29-35)43-33-44(48-30-36(58(4,5)6)18-26-52(48)62-14)40-23-24-42-46(50-32-38(60(10,11)12)20-28-54(50)64-16)34-45(41-22-21-39(43)55(40)56(41)42)49-31-37(59(7,8)9)19-27-53(49)63-15/h17-34H,1-16H3. The van der Waals surface area contributed by atoms with Crippen molar-refractivity contribution in [2.45, 2.75) is 105 Å². The molecule has 0 amide bonds. The summed E-state index contributed by atoms with van der Waals surface area (Å²) in [4.78, 5) is 0. The van der Waals surface area contributed by atoms with Crippen LogP contribution < -0.4 is 18.9 Å². The van der Waals surface area contributed by atoms with Gasteiger partial charge in [-0.3, -0.25) is 0 Å². The summed E-state index contributed by atoms with van der Waals surface area (Å²) in [5.74, 6) is 3.33. The number of hydrogen-bond acceptors (Lipinski definition) is 4. The Labute approximate surface area is 381 Å². The molecule has 0 aliphatic carbocycles. The first-order chi connectivity index (χ1) is 30.1. The summed E-state index contributed by atoms with van der Waals surface area (Å²) in [5.41, 5.74) is 13.3. The Kier molecular flexibility index (Phi) is 11.1. The van der Waals surface area contributed by atoms with E-state index in [1.807, 2.05) is 0 Å². The SMILES string of the molecule is COc1ccc(C(C)(C)C)cc1-c1cc(-c2cc(C(C)(C)C)ccc2OC)c2ccc3c(-c4cc(C(C)(C)C)ccc4OC)cc(-c4cc(C(C)(C)C)ccc4OC)c4ccc1c2c43. The van der Waals surface area contributed by atoms with Gasteiger partial charge in [0.2, 0.25) is 0 Å². The minimum absolute atomic E-state index is 0.0804. The maximum absolute atomic E-state index is 6.24. The number of methoxy groups -OCH3 is 4. The minimum atomic E-state index is -0.0804. The maximum Gasteiger partial charge on any atom is 0.126 e. The first-order valence-electron chi connectivity index (χ1n) is 22.6. The molecule has 0 radical (unpaired) electrons. The molecule has 0 bridgehead atoms. The predicted octanol–water partition coefficient (Wildman–Crippen LogP) is 16.5. The molecule has 0 saturated carbocycles. The van der Waals surface area contributed by atoms with Crippen molar-refractivity contribution in [3.63, 3.8) is 0 Å². The molecular formula is C60H66O4. The third-order valence-electron chi connectivity index (χ3n) is 13.3. The molecular weight excluding hydrogens is 785 g/mol. The third-order valence-corrected chi connectivity index (χ3v) is 13.3. The van der Waals surface area contributed by atoms with Crippen LogP contribution in [-0.2, 0) is 21.7 Å². The van der Waals surface area contributed by atoms with Crippen molar-refractivity contribution < 1.29 is 18.9 Å². The fraction of sp³-hybridized carbons (Fsp3) is 0.333. The molecule has 0 saturated heterocycles. The number of hydrogen-bond donors (Lipinski definition) is 0. The zero-order valence-corrected chi connectivity index (χ0v) is 41.0. The van der Waals surface area contributed by atoms with E-state index in [0.717, 1.165) is 89.1 Å². The lowest BCUT2D eigenvalue weighted by Crippen LogP contribution is -2.11. The molecule has 0 fully saturated rings. The van der Waals surface area contributed by atoms with Crippen LogP contribution in [0.2, 0.25) is 0 Å². The number of benzene rings is 8. The van der Waals surface area contributed by atoms with Gasteiger partial charge in [-0.25, -0.2) is 0 Å². The zero-order chi connectivity index (χ0) is 46.3. The molecule has 0 spiro atoms. The van der Waals surface area contributed by atoms with Crippen molar-refractivity contribution in [3.8, 4) is 67.5 Å². The Bertz CT molecular complexity index is 2660. The Morgan fingerprint density at radius 3 is 0.625 bits per heavy atom. The number of rotatable bonds is 8.